The Hall–Kier alpha value is -3.94. The second-order valence-corrected chi connectivity index (χ2v) is 12.7. The minimum atomic E-state index is -0.0574. The lowest BCUT2D eigenvalue weighted by atomic mass is 9.81. The molecule has 17 heteroatoms. The van der Waals surface area contributed by atoms with Gasteiger partial charge in [-0.3, -0.25) is 4.79 Å². The molecule has 3 heterocycles. The number of hydrogen-bond acceptors (Lipinski definition) is 14. The molecular formula is C37H56N8O9. The number of rotatable bonds is 27. The van der Waals surface area contributed by atoms with Crippen molar-refractivity contribution in [1.29, 1.82) is 0 Å². The predicted molar refractivity (Wildman–Crippen MR) is 202 cm³/mol. The van der Waals surface area contributed by atoms with Gasteiger partial charge in [0.1, 0.15) is 29.1 Å². The first kappa shape index (κ1) is 41.2. The summed E-state index contributed by atoms with van der Waals surface area (Å²) in [6.45, 7) is 7.87. The summed E-state index contributed by atoms with van der Waals surface area (Å²) in [6.07, 6.45) is 4.59. The van der Waals surface area contributed by atoms with E-state index >= 15 is 0 Å². The van der Waals surface area contributed by atoms with Crippen LogP contribution in [-0.2, 0) is 38.0 Å². The lowest BCUT2D eigenvalue weighted by molar-refractivity contribution is -0.126. The van der Waals surface area contributed by atoms with Crippen LogP contribution >= 0.6 is 0 Å². The molecule has 6 N–H and O–H groups in total. The zero-order chi connectivity index (χ0) is 37.8. The summed E-state index contributed by atoms with van der Waals surface area (Å²) in [4.78, 5) is 25.7. The third-order valence-corrected chi connectivity index (χ3v) is 9.08. The number of nitrogens with two attached hydrogens (primary N) is 2. The van der Waals surface area contributed by atoms with Crippen molar-refractivity contribution in [2.45, 2.75) is 31.6 Å². The third-order valence-electron chi connectivity index (χ3n) is 9.08. The number of aromatic nitrogens is 5. The fourth-order valence-electron chi connectivity index (χ4n) is 6.36. The lowest BCUT2D eigenvalue weighted by Gasteiger charge is -2.26. The standard InChI is InChI=1S/C37H56N8O9/c1-47-31-4-2-3-29-25-30(43-32(29)31)33-34-35(39)41-26-42-45(34)36(44-33)27-5-7-28(8-6-27)37(46)40-10-12-49-14-16-51-18-20-53-22-24-54-23-21-52-19-17-50-15-13-48-11-9-38/h2-4,25-28,43H,5-24,38H2,1H3,(H,40,46)(H2,39,41,42)/t27-,28-. The van der Waals surface area contributed by atoms with Gasteiger partial charge in [-0.05, 0) is 37.8 Å². The van der Waals surface area contributed by atoms with Crippen molar-refractivity contribution in [3.8, 4) is 17.1 Å². The van der Waals surface area contributed by atoms with E-state index < -0.39 is 0 Å². The van der Waals surface area contributed by atoms with Crippen molar-refractivity contribution in [2.24, 2.45) is 11.7 Å². The normalized spacial score (nSPS) is 16.0. The van der Waals surface area contributed by atoms with Crippen LogP contribution in [-0.4, -0.2) is 143 Å². The molecule has 298 valence electrons. The predicted octanol–water partition coefficient (Wildman–Crippen LogP) is 2.33. The topological polar surface area (TPSA) is 214 Å². The number of para-hydroxylation sites is 1. The Labute approximate surface area is 315 Å². The Bertz CT molecular complexity index is 1680. The van der Waals surface area contributed by atoms with Crippen LogP contribution in [0.4, 0.5) is 5.82 Å². The number of fused-ring (bicyclic) bond motifs is 2. The highest BCUT2D eigenvalue weighted by Crippen LogP contribution is 2.39. The Morgan fingerprint density at radius 1 is 0.833 bits per heavy atom. The van der Waals surface area contributed by atoms with Gasteiger partial charge in [-0.15, -0.1) is 0 Å². The SMILES string of the molecule is COc1cccc2cc(-c3nc([C@H]4CC[C@H](C(=O)NCCOCCOCCOCCOCCOCCOCCOCCN)CC4)n4ncnc(N)c34)[nH]c12. The molecule has 5 rings (SSSR count). The summed E-state index contributed by atoms with van der Waals surface area (Å²) in [5.41, 5.74) is 14.8. The number of benzene rings is 1. The van der Waals surface area contributed by atoms with Crippen molar-refractivity contribution in [3.05, 3.63) is 36.4 Å². The molecule has 0 aliphatic heterocycles. The largest absolute Gasteiger partial charge is 0.495 e. The van der Waals surface area contributed by atoms with E-state index in [2.05, 4.69) is 20.4 Å². The molecule has 0 unspecified atom stereocenters. The van der Waals surface area contributed by atoms with Gasteiger partial charge < -0.3 is 59.7 Å². The van der Waals surface area contributed by atoms with E-state index in [1.807, 2.05) is 24.3 Å². The van der Waals surface area contributed by atoms with E-state index in [-0.39, 0.29) is 17.7 Å². The number of ether oxygens (including phenoxy) is 8. The molecule has 1 saturated carbocycles. The summed E-state index contributed by atoms with van der Waals surface area (Å²) >= 11 is 0. The number of nitrogens with zero attached hydrogens (tertiary/aromatic N) is 4. The van der Waals surface area contributed by atoms with E-state index in [1.54, 1.807) is 11.6 Å². The van der Waals surface area contributed by atoms with Gasteiger partial charge in [0.25, 0.3) is 0 Å². The van der Waals surface area contributed by atoms with Crippen LogP contribution in [0.5, 0.6) is 5.75 Å². The zero-order valence-corrected chi connectivity index (χ0v) is 31.3. The Kier molecular flexibility index (Phi) is 17.6. The van der Waals surface area contributed by atoms with Crippen LogP contribution in [0.1, 0.15) is 37.4 Å². The van der Waals surface area contributed by atoms with E-state index in [0.717, 1.165) is 53.9 Å². The Morgan fingerprint density at radius 3 is 1.98 bits per heavy atom. The van der Waals surface area contributed by atoms with Crippen LogP contribution < -0.4 is 21.5 Å². The van der Waals surface area contributed by atoms with Gasteiger partial charge >= 0.3 is 0 Å². The maximum Gasteiger partial charge on any atom is 0.223 e. The van der Waals surface area contributed by atoms with Gasteiger partial charge in [0.05, 0.1) is 111 Å². The second-order valence-electron chi connectivity index (χ2n) is 12.7. The molecule has 0 saturated heterocycles. The number of carbonyl (C=O) groups is 1. The molecule has 4 aromatic rings. The number of anilines is 1. The van der Waals surface area contributed by atoms with Gasteiger partial charge in [-0.1, -0.05) is 12.1 Å². The first-order valence-electron chi connectivity index (χ1n) is 18.8. The van der Waals surface area contributed by atoms with Crippen molar-refractivity contribution in [2.75, 3.05) is 118 Å². The number of nitrogens with one attached hydrogen (secondary N) is 2. The van der Waals surface area contributed by atoms with E-state index in [1.165, 1.54) is 6.33 Å². The fraction of sp³-hybridized carbons (Fsp3) is 0.622. The van der Waals surface area contributed by atoms with Crippen molar-refractivity contribution < 1.29 is 42.7 Å². The number of nitrogen functional groups attached to an aromatic ring is 1. The van der Waals surface area contributed by atoms with Gasteiger partial charge in [-0.2, -0.15) is 5.10 Å². The molecule has 1 amide bonds. The number of H-pyrrole nitrogens is 1. The molecule has 0 bridgehead atoms. The molecule has 0 atom stereocenters. The second kappa shape index (κ2) is 23.1. The molecule has 0 spiro atoms. The number of carbonyl (C=O) groups excluding carboxylic acids is 1. The molecule has 1 aliphatic carbocycles. The average Bonchev–Trinajstić information content (AvgIpc) is 3.81. The molecule has 54 heavy (non-hydrogen) atoms. The number of imidazole rings is 1. The van der Waals surface area contributed by atoms with Crippen LogP contribution in [0.2, 0.25) is 0 Å². The fourth-order valence-corrected chi connectivity index (χ4v) is 6.36. The highest BCUT2D eigenvalue weighted by atomic mass is 16.6. The molecule has 1 aromatic carbocycles. The summed E-state index contributed by atoms with van der Waals surface area (Å²) in [6, 6.07) is 7.92. The maximum atomic E-state index is 12.9. The maximum absolute atomic E-state index is 12.9. The van der Waals surface area contributed by atoms with Crippen molar-refractivity contribution >= 4 is 28.1 Å². The van der Waals surface area contributed by atoms with Crippen molar-refractivity contribution in [1.82, 2.24) is 29.9 Å². The van der Waals surface area contributed by atoms with Gasteiger partial charge in [0.2, 0.25) is 5.91 Å². The molecule has 17 nitrogen and oxygen atoms in total. The summed E-state index contributed by atoms with van der Waals surface area (Å²) in [7, 11) is 1.65. The van der Waals surface area contributed by atoms with Crippen LogP contribution in [0.3, 0.4) is 0 Å². The van der Waals surface area contributed by atoms with Gasteiger partial charge in [0, 0.05) is 30.3 Å². The van der Waals surface area contributed by atoms with Crippen molar-refractivity contribution in [3.63, 3.8) is 0 Å². The first-order chi connectivity index (χ1) is 26.6. The van der Waals surface area contributed by atoms with E-state index in [9.17, 15) is 4.79 Å². The van der Waals surface area contributed by atoms with Crippen LogP contribution in [0, 0.1) is 5.92 Å². The zero-order valence-electron chi connectivity index (χ0n) is 31.3. The summed E-state index contributed by atoms with van der Waals surface area (Å²) in [5.74, 6) is 2.06. The first-order valence-corrected chi connectivity index (χ1v) is 18.8. The van der Waals surface area contributed by atoms with E-state index in [0.29, 0.717) is 123 Å². The Morgan fingerprint density at radius 2 is 1.41 bits per heavy atom. The highest BCUT2D eigenvalue weighted by Gasteiger charge is 2.31. The van der Waals surface area contributed by atoms with E-state index in [4.69, 9.17) is 54.3 Å². The minimum Gasteiger partial charge on any atom is -0.495 e. The summed E-state index contributed by atoms with van der Waals surface area (Å²) < 4.78 is 45.6. The van der Waals surface area contributed by atoms with Crippen LogP contribution in [0.25, 0.3) is 27.8 Å². The molecule has 0 radical (unpaired) electrons. The van der Waals surface area contributed by atoms with Gasteiger partial charge in [-0.25, -0.2) is 14.5 Å². The summed E-state index contributed by atoms with van der Waals surface area (Å²) in [5, 5.41) is 8.55. The smallest absolute Gasteiger partial charge is 0.223 e. The third kappa shape index (κ3) is 12.3. The number of amides is 1. The number of hydrogen-bond donors (Lipinski definition) is 4. The molecule has 1 aliphatic rings. The highest BCUT2D eigenvalue weighted by molar-refractivity contribution is 5.93. The number of methoxy groups -OCH3 is 1. The monoisotopic (exact) mass is 756 g/mol. The van der Waals surface area contributed by atoms with Gasteiger partial charge in [0.15, 0.2) is 5.82 Å². The average molecular weight is 757 g/mol. The Balaban J connectivity index is 0.887. The minimum absolute atomic E-state index is 0.0556. The number of aromatic amines is 1. The molecule has 3 aromatic heterocycles. The lowest BCUT2D eigenvalue weighted by Crippen LogP contribution is -2.35. The molecule has 1 fully saturated rings. The quantitative estimate of drug-likeness (QED) is 0.0644. The molecular weight excluding hydrogens is 700 g/mol. The van der Waals surface area contributed by atoms with Crippen LogP contribution in [0.15, 0.2) is 30.6 Å².